The summed E-state index contributed by atoms with van der Waals surface area (Å²) >= 11 is 3.43. The Morgan fingerprint density at radius 1 is 1.05 bits per heavy atom. The quantitative estimate of drug-likeness (QED) is 0.704. The number of rotatable bonds is 2. The van der Waals surface area contributed by atoms with Crippen molar-refractivity contribution in [3.63, 3.8) is 0 Å². The number of nitrogens with two attached hydrogens (primary N) is 1. The van der Waals surface area contributed by atoms with Crippen molar-refractivity contribution in [2.75, 3.05) is 11.1 Å². The van der Waals surface area contributed by atoms with Crippen molar-refractivity contribution in [2.24, 2.45) is 0 Å². The minimum Gasteiger partial charge on any atom is -0.399 e. The molecule has 0 radical (unpaired) electrons. The highest BCUT2D eigenvalue weighted by atomic mass is 79.9. The normalized spacial score (nSPS) is 11.5. The third kappa shape index (κ3) is 3.50. The Hall–Kier alpha value is -1.69. The maximum absolute atomic E-state index is 13.1. The highest BCUT2D eigenvalue weighted by Crippen LogP contribution is 2.37. The van der Waals surface area contributed by atoms with Crippen molar-refractivity contribution in [3.05, 3.63) is 51.5 Å². The molecular formula is C15H14BrF3N2. The molecule has 6 heteroatoms. The fraction of sp³-hybridized carbons (Fsp3) is 0.200. The largest absolute Gasteiger partial charge is 0.418 e. The maximum atomic E-state index is 13.1. The van der Waals surface area contributed by atoms with Gasteiger partial charge in [0, 0.05) is 15.8 Å². The summed E-state index contributed by atoms with van der Waals surface area (Å²) in [6, 6.07) is 7.28. The Kier molecular flexibility index (Phi) is 4.18. The van der Waals surface area contributed by atoms with Crippen LogP contribution < -0.4 is 11.1 Å². The minimum absolute atomic E-state index is 0.0159. The zero-order chi connectivity index (χ0) is 15.8. The van der Waals surface area contributed by atoms with Crippen molar-refractivity contribution in [1.29, 1.82) is 0 Å². The molecule has 0 aliphatic rings. The Morgan fingerprint density at radius 2 is 1.62 bits per heavy atom. The molecule has 2 aromatic carbocycles. The highest BCUT2D eigenvalue weighted by Gasteiger charge is 2.33. The smallest absolute Gasteiger partial charge is 0.399 e. The second-order valence-electron chi connectivity index (χ2n) is 4.85. The van der Waals surface area contributed by atoms with Gasteiger partial charge in [0.05, 0.1) is 11.3 Å². The number of aryl methyl sites for hydroxylation is 2. The van der Waals surface area contributed by atoms with Gasteiger partial charge in [-0.15, -0.1) is 0 Å². The van der Waals surface area contributed by atoms with Gasteiger partial charge in [-0.3, -0.25) is 0 Å². The van der Waals surface area contributed by atoms with Crippen LogP contribution in [0.5, 0.6) is 0 Å². The average Bonchev–Trinajstić information content (AvgIpc) is 2.37. The average molecular weight is 359 g/mol. The standard InChI is InChI=1S/C15H14BrF3N2/c1-8-5-11(6-9(2)14(8)16)21-13-4-3-10(20)7-12(13)15(17,18)19/h3-7,21H,20H2,1-2H3. The lowest BCUT2D eigenvalue weighted by molar-refractivity contribution is -0.136. The van der Waals surface area contributed by atoms with E-state index in [-0.39, 0.29) is 11.4 Å². The molecule has 0 amide bonds. The third-order valence-electron chi connectivity index (χ3n) is 3.06. The molecule has 0 aromatic heterocycles. The number of benzene rings is 2. The van der Waals surface area contributed by atoms with E-state index in [9.17, 15) is 13.2 Å². The van der Waals surface area contributed by atoms with Gasteiger partial charge in [0.15, 0.2) is 0 Å². The van der Waals surface area contributed by atoms with E-state index in [0.717, 1.165) is 21.7 Å². The van der Waals surface area contributed by atoms with Crippen molar-refractivity contribution >= 4 is 33.0 Å². The number of halogens is 4. The molecule has 0 bridgehead atoms. The fourth-order valence-corrected chi connectivity index (χ4v) is 2.31. The van der Waals surface area contributed by atoms with Gasteiger partial charge in [0.1, 0.15) is 0 Å². The van der Waals surface area contributed by atoms with E-state index in [0.29, 0.717) is 5.69 Å². The Balaban J connectivity index is 2.45. The summed E-state index contributed by atoms with van der Waals surface area (Å²) in [6.07, 6.45) is -4.46. The number of nitrogens with one attached hydrogen (secondary N) is 1. The number of anilines is 3. The van der Waals surface area contributed by atoms with Crippen LogP contribution in [0.1, 0.15) is 16.7 Å². The monoisotopic (exact) mass is 358 g/mol. The van der Waals surface area contributed by atoms with Crippen molar-refractivity contribution in [2.45, 2.75) is 20.0 Å². The first-order valence-corrected chi connectivity index (χ1v) is 6.98. The molecule has 0 aliphatic heterocycles. The molecule has 0 saturated carbocycles. The van der Waals surface area contributed by atoms with E-state index >= 15 is 0 Å². The molecule has 0 heterocycles. The number of hydrogen-bond acceptors (Lipinski definition) is 2. The molecule has 2 rings (SSSR count). The highest BCUT2D eigenvalue weighted by molar-refractivity contribution is 9.10. The summed E-state index contributed by atoms with van der Waals surface area (Å²) in [4.78, 5) is 0. The van der Waals surface area contributed by atoms with Gasteiger partial charge in [-0.05, 0) is 55.3 Å². The Labute approximate surface area is 129 Å². The Morgan fingerprint density at radius 3 is 2.14 bits per heavy atom. The molecule has 2 aromatic rings. The molecule has 0 unspecified atom stereocenters. The number of hydrogen-bond donors (Lipinski definition) is 2. The first kappa shape index (κ1) is 15.7. The van der Waals surface area contributed by atoms with Crippen molar-refractivity contribution in [3.8, 4) is 0 Å². The van der Waals surface area contributed by atoms with Crippen LogP contribution in [0, 0.1) is 13.8 Å². The van der Waals surface area contributed by atoms with E-state index in [2.05, 4.69) is 21.2 Å². The predicted molar refractivity (Wildman–Crippen MR) is 82.8 cm³/mol. The summed E-state index contributed by atoms with van der Waals surface area (Å²) in [5.74, 6) is 0. The molecule has 112 valence electrons. The van der Waals surface area contributed by atoms with E-state index in [1.807, 2.05) is 13.8 Å². The lowest BCUT2D eigenvalue weighted by atomic mass is 10.1. The lowest BCUT2D eigenvalue weighted by Gasteiger charge is -2.16. The summed E-state index contributed by atoms with van der Waals surface area (Å²) in [5.41, 5.74) is 7.23. The van der Waals surface area contributed by atoms with Crippen molar-refractivity contribution < 1.29 is 13.2 Å². The molecule has 21 heavy (non-hydrogen) atoms. The topological polar surface area (TPSA) is 38.0 Å². The Bertz CT molecular complexity index is 658. The second kappa shape index (κ2) is 5.60. The van der Waals surface area contributed by atoms with Gasteiger partial charge in [-0.2, -0.15) is 13.2 Å². The first-order chi connectivity index (χ1) is 9.68. The first-order valence-electron chi connectivity index (χ1n) is 6.19. The van der Waals surface area contributed by atoms with Gasteiger partial charge in [-0.1, -0.05) is 15.9 Å². The van der Waals surface area contributed by atoms with Gasteiger partial charge in [-0.25, -0.2) is 0 Å². The SMILES string of the molecule is Cc1cc(Nc2ccc(N)cc2C(F)(F)F)cc(C)c1Br. The van der Waals surface area contributed by atoms with Gasteiger partial charge in [0.25, 0.3) is 0 Å². The van der Waals surface area contributed by atoms with Crippen LogP contribution in [0.4, 0.5) is 30.2 Å². The van der Waals surface area contributed by atoms with E-state index in [1.165, 1.54) is 12.1 Å². The number of nitrogen functional groups attached to an aromatic ring is 1. The van der Waals surface area contributed by atoms with Crippen LogP contribution >= 0.6 is 15.9 Å². The van der Waals surface area contributed by atoms with Gasteiger partial charge >= 0.3 is 6.18 Å². The summed E-state index contributed by atoms with van der Waals surface area (Å²) < 4.78 is 40.1. The maximum Gasteiger partial charge on any atom is 0.418 e. The molecule has 0 saturated heterocycles. The molecule has 3 N–H and O–H groups in total. The van der Waals surface area contributed by atoms with E-state index < -0.39 is 11.7 Å². The van der Waals surface area contributed by atoms with Crippen LogP contribution in [-0.4, -0.2) is 0 Å². The van der Waals surface area contributed by atoms with Crippen LogP contribution in [-0.2, 0) is 6.18 Å². The van der Waals surface area contributed by atoms with Crippen LogP contribution in [0.3, 0.4) is 0 Å². The fourth-order valence-electron chi connectivity index (χ4n) is 2.08. The molecule has 0 aliphatic carbocycles. The second-order valence-corrected chi connectivity index (χ2v) is 5.64. The van der Waals surface area contributed by atoms with Crippen LogP contribution in [0.25, 0.3) is 0 Å². The molecule has 0 fully saturated rings. The van der Waals surface area contributed by atoms with Crippen molar-refractivity contribution in [1.82, 2.24) is 0 Å². The summed E-state index contributed by atoms with van der Waals surface area (Å²) in [6.45, 7) is 3.77. The van der Waals surface area contributed by atoms with Gasteiger partial charge < -0.3 is 11.1 Å². The van der Waals surface area contributed by atoms with Crippen LogP contribution in [0.2, 0.25) is 0 Å². The van der Waals surface area contributed by atoms with Gasteiger partial charge in [0.2, 0.25) is 0 Å². The number of alkyl halides is 3. The molecule has 0 spiro atoms. The van der Waals surface area contributed by atoms with Crippen LogP contribution in [0.15, 0.2) is 34.8 Å². The summed E-state index contributed by atoms with van der Waals surface area (Å²) in [5, 5.41) is 2.82. The summed E-state index contributed by atoms with van der Waals surface area (Å²) in [7, 11) is 0. The molecular weight excluding hydrogens is 345 g/mol. The molecule has 2 nitrogen and oxygen atoms in total. The lowest BCUT2D eigenvalue weighted by Crippen LogP contribution is -2.09. The third-order valence-corrected chi connectivity index (χ3v) is 4.32. The van der Waals surface area contributed by atoms with E-state index in [4.69, 9.17) is 5.73 Å². The molecule has 0 atom stereocenters. The van der Waals surface area contributed by atoms with E-state index in [1.54, 1.807) is 12.1 Å². The minimum atomic E-state index is -4.46. The zero-order valence-corrected chi connectivity index (χ0v) is 13.1. The zero-order valence-electron chi connectivity index (χ0n) is 11.5. The predicted octanol–water partition coefficient (Wildman–Crippen LogP) is 5.41.